The van der Waals surface area contributed by atoms with E-state index in [1.54, 1.807) is 0 Å². The first-order valence-electron chi connectivity index (χ1n) is 6.02. The second kappa shape index (κ2) is 8.58. The van der Waals surface area contributed by atoms with Crippen molar-refractivity contribution >= 4 is 21.6 Å². The second-order valence-corrected chi connectivity index (χ2v) is 7.77. The SMILES string of the molecule is CS(=O)(=O)CCSCC(O)COCc1ccccc1. The average molecular weight is 304 g/mol. The van der Waals surface area contributed by atoms with Crippen molar-refractivity contribution in [3.8, 4) is 0 Å². The van der Waals surface area contributed by atoms with Gasteiger partial charge in [0.1, 0.15) is 9.84 Å². The third kappa shape index (κ3) is 9.04. The molecule has 6 heteroatoms. The Hall–Kier alpha value is -0.560. The molecule has 0 aromatic heterocycles. The summed E-state index contributed by atoms with van der Waals surface area (Å²) in [6.07, 6.45) is 0.653. The van der Waals surface area contributed by atoms with Crippen LogP contribution in [0.5, 0.6) is 0 Å². The van der Waals surface area contributed by atoms with Crippen LogP contribution >= 0.6 is 11.8 Å². The van der Waals surface area contributed by atoms with Crippen molar-refractivity contribution in [2.75, 3.05) is 30.1 Å². The van der Waals surface area contributed by atoms with Crippen molar-refractivity contribution < 1.29 is 18.3 Å². The summed E-state index contributed by atoms with van der Waals surface area (Å²) < 4.78 is 27.2. The number of thioether (sulfide) groups is 1. The molecule has 0 spiro atoms. The fourth-order valence-electron chi connectivity index (χ4n) is 1.36. The molecule has 0 aliphatic carbocycles. The predicted octanol–water partition coefficient (Wildman–Crippen LogP) is 1.34. The van der Waals surface area contributed by atoms with Gasteiger partial charge in [-0.05, 0) is 5.56 Å². The van der Waals surface area contributed by atoms with E-state index in [4.69, 9.17) is 4.74 Å². The highest BCUT2D eigenvalue weighted by molar-refractivity contribution is 8.00. The van der Waals surface area contributed by atoms with Gasteiger partial charge in [0, 0.05) is 17.8 Å². The Balaban J connectivity index is 2.07. The fourth-order valence-corrected chi connectivity index (χ4v) is 3.58. The summed E-state index contributed by atoms with van der Waals surface area (Å²) in [4.78, 5) is 0. The molecule has 1 unspecified atom stereocenters. The number of aliphatic hydroxyl groups excluding tert-OH is 1. The average Bonchev–Trinajstić information content (AvgIpc) is 2.35. The van der Waals surface area contributed by atoms with E-state index in [9.17, 15) is 13.5 Å². The molecule has 0 fully saturated rings. The van der Waals surface area contributed by atoms with Gasteiger partial charge in [-0.1, -0.05) is 30.3 Å². The first-order valence-corrected chi connectivity index (χ1v) is 9.24. The highest BCUT2D eigenvalue weighted by Crippen LogP contribution is 2.06. The molecule has 0 saturated carbocycles. The summed E-state index contributed by atoms with van der Waals surface area (Å²) >= 11 is 1.43. The maximum absolute atomic E-state index is 10.9. The summed E-state index contributed by atoms with van der Waals surface area (Å²) in [5, 5.41) is 9.66. The van der Waals surface area contributed by atoms with Crippen molar-refractivity contribution in [3.05, 3.63) is 35.9 Å². The van der Waals surface area contributed by atoms with E-state index in [1.165, 1.54) is 18.0 Å². The second-order valence-electron chi connectivity index (χ2n) is 4.36. The van der Waals surface area contributed by atoms with Gasteiger partial charge in [-0.15, -0.1) is 0 Å². The monoisotopic (exact) mass is 304 g/mol. The summed E-state index contributed by atoms with van der Waals surface area (Å²) in [6, 6.07) is 9.75. The third-order valence-electron chi connectivity index (χ3n) is 2.33. The molecule has 0 amide bonds. The molecular weight excluding hydrogens is 284 g/mol. The molecule has 1 atom stereocenters. The third-order valence-corrected chi connectivity index (χ3v) is 4.65. The number of hydrogen-bond acceptors (Lipinski definition) is 5. The Bertz CT molecular complexity index is 445. The van der Waals surface area contributed by atoms with Crippen molar-refractivity contribution in [3.63, 3.8) is 0 Å². The first-order chi connectivity index (χ1) is 8.97. The molecule has 0 saturated heterocycles. The molecule has 4 nitrogen and oxygen atoms in total. The van der Waals surface area contributed by atoms with Crippen LogP contribution in [0.4, 0.5) is 0 Å². The maximum atomic E-state index is 10.9. The summed E-state index contributed by atoms with van der Waals surface area (Å²) in [5.41, 5.74) is 1.07. The smallest absolute Gasteiger partial charge is 0.148 e. The zero-order chi connectivity index (χ0) is 14.1. The van der Waals surface area contributed by atoms with Crippen LogP contribution in [0.1, 0.15) is 5.56 Å². The molecular formula is C13H20O4S2. The topological polar surface area (TPSA) is 63.6 Å². The van der Waals surface area contributed by atoms with E-state index in [-0.39, 0.29) is 12.4 Å². The molecule has 108 valence electrons. The molecule has 1 rings (SSSR count). The fraction of sp³-hybridized carbons (Fsp3) is 0.538. The van der Waals surface area contributed by atoms with Crippen molar-refractivity contribution in [2.24, 2.45) is 0 Å². The van der Waals surface area contributed by atoms with Gasteiger partial charge in [-0.2, -0.15) is 11.8 Å². The van der Waals surface area contributed by atoms with Crippen LogP contribution in [0, 0.1) is 0 Å². The Morgan fingerprint density at radius 1 is 1.32 bits per heavy atom. The van der Waals surface area contributed by atoms with Crippen LogP contribution in [-0.4, -0.2) is 49.7 Å². The normalized spacial score (nSPS) is 13.4. The quantitative estimate of drug-likeness (QED) is 0.698. The lowest BCUT2D eigenvalue weighted by Crippen LogP contribution is -2.19. The van der Waals surface area contributed by atoms with Crippen LogP contribution < -0.4 is 0 Å². The first kappa shape index (κ1) is 16.5. The number of benzene rings is 1. The molecule has 1 aromatic rings. The number of rotatable bonds is 9. The van der Waals surface area contributed by atoms with Gasteiger partial charge >= 0.3 is 0 Å². The summed E-state index contributed by atoms with van der Waals surface area (Å²) in [6.45, 7) is 0.743. The highest BCUT2D eigenvalue weighted by atomic mass is 32.2. The molecule has 1 aromatic carbocycles. The van der Waals surface area contributed by atoms with Gasteiger partial charge in [0.05, 0.1) is 25.1 Å². The van der Waals surface area contributed by atoms with Crippen LogP contribution in [0.25, 0.3) is 0 Å². The van der Waals surface area contributed by atoms with E-state index < -0.39 is 15.9 Å². The maximum Gasteiger partial charge on any atom is 0.148 e. The number of hydrogen-bond donors (Lipinski definition) is 1. The lowest BCUT2D eigenvalue weighted by atomic mass is 10.2. The van der Waals surface area contributed by atoms with Gasteiger partial charge in [-0.25, -0.2) is 8.42 Å². The van der Waals surface area contributed by atoms with Crippen LogP contribution in [0.3, 0.4) is 0 Å². The van der Waals surface area contributed by atoms with Gasteiger partial charge in [0.15, 0.2) is 0 Å². The number of sulfone groups is 1. The van der Waals surface area contributed by atoms with Gasteiger partial charge in [-0.3, -0.25) is 0 Å². The standard InChI is InChI=1S/C13H20O4S2/c1-19(15,16)8-7-18-11-13(14)10-17-9-12-5-3-2-4-6-12/h2-6,13-14H,7-11H2,1H3. The van der Waals surface area contributed by atoms with Crippen LogP contribution in [0.15, 0.2) is 30.3 Å². The summed E-state index contributed by atoms with van der Waals surface area (Å²) in [5.74, 6) is 1.15. The van der Waals surface area contributed by atoms with E-state index in [1.807, 2.05) is 30.3 Å². The molecule has 0 bridgehead atoms. The van der Waals surface area contributed by atoms with Crippen molar-refractivity contribution in [1.29, 1.82) is 0 Å². The predicted molar refractivity (Wildman–Crippen MR) is 79.1 cm³/mol. The minimum absolute atomic E-state index is 0.148. The Morgan fingerprint density at radius 3 is 2.63 bits per heavy atom. The van der Waals surface area contributed by atoms with E-state index in [0.29, 0.717) is 18.1 Å². The number of aliphatic hydroxyl groups is 1. The molecule has 0 aliphatic rings. The number of ether oxygens (including phenoxy) is 1. The van der Waals surface area contributed by atoms with Crippen molar-refractivity contribution in [1.82, 2.24) is 0 Å². The van der Waals surface area contributed by atoms with Crippen LogP contribution in [-0.2, 0) is 21.2 Å². The molecule has 1 N–H and O–H groups in total. The molecule has 0 heterocycles. The molecule has 0 radical (unpaired) electrons. The summed E-state index contributed by atoms with van der Waals surface area (Å²) in [7, 11) is -2.91. The zero-order valence-corrected chi connectivity index (χ0v) is 12.6. The van der Waals surface area contributed by atoms with Gasteiger partial charge in [0.25, 0.3) is 0 Å². The minimum atomic E-state index is -2.91. The Kier molecular flexibility index (Phi) is 7.45. The molecule has 19 heavy (non-hydrogen) atoms. The van der Waals surface area contributed by atoms with Gasteiger partial charge in [0.2, 0.25) is 0 Å². The van der Waals surface area contributed by atoms with E-state index in [2.05, 4.69) is 0 Å². The van der Waals surface area contributed by atoms with E-state index in [0.717, 1.165) is 5.56 Å². The highest BCUT2D eigenvalue weighted by Gasteiger charge is 2.07. The van der Waals surface area contributed by atoms with Crippen LogP contribution in [0.2, 0.25) is 0 Å². The van der Waals surface area contributed by atoms with Gasteiger partial charge < -0.3 is 9.84 Å². The Morgan fingerprint density at radius 2 is 2.00 bits per heavy atom. The zero-order valence-electron chi connectivity index (χ0n) is 11.0. The lowest BCUT2D eigenvalue weighted by Gasteiger charge is -2.10. The minimum Gasteiger partial charge on any atom is -0.390 e. The Labute approximate surface area is 119 Å². The largest absolute Gasteiger partial charge is 0.390 e. The van der Waals surface area contributed by atoms with Crippen molar-refractivity contribution in [2.45, 2.75) is 12.7 Å². The lowest BCUT2D eigenvalue weighted by molar-refractivity contribution is 0.0398. The molecule has 0 aliphatic heterocycles. The van der Waals surface area contributed by atoms with E-state index >= 15 is 0 Å².